The zero-order valence-electron chi connectivity index (χ0n) is 20.3. The van der Waals surface area contributed by atoms with E-state index in [4.69, 9.17) is 5.73 Å². The Labute approximate surface area is 222 Å². The number of benzene rings is 3. The number of nitrogens with one attached hydrogen (secondary N) is 2. The van der Waals surface area contributed by atoms with Gasteiger partial charge in [0.2, 0.25) is 17.7 Å². The van der Waals surface area contributed by atoms with Crippen molar-refractivity contribution < 1.29 is 22.8 Å². The fraction of sp³-hybridized carbons (Fsp3) is 0.222. The van der Waals surface area contributed by atoms with Crippen LogP contribution in [0.5, 0.6) is 0 Å². The van der Waals surface area contributed by atoms with Crippen molar-refractivity contribution in [3.8, 4) is 11.1 Å². The van der Waals surface area contributed by atoms with Crippen molar-refractivity contribution in [1.29, 1.82) is 0 Å². The molecule has 37 heavy (non-hydrogen) atoms. The highest BCUT2D eigenvalue weighted by molar-refractivity contribution is 7.90. The third-order valence-electron chi connectivity index (χ3n) is 5.65. The highest BCUT2D eigenvalue weighted by Crippen LogP contribution is 2.28. The number of carbonyl (C=O) groups is 3. The molecule has 1 unspecified atom stereocenters. The number of nitrogens with two attached hydrogens (primary N) is 1. The summed E-state index contributed by atoms with van der Waals surface area (Å²) in [6, 6.07) is 22.8. The Balaban J connectivity index is 1.69. The van der Waals surface area contributed by atoms with Gasteiger partial charge in [-0.15, -0.1) is 0 Å². The predicted octanol–water partition coefficient (Wildman–Crippen LogP) is 2.48. The van der Waals surface area contributed by atoms with E-state index in [1.165, 1.54) is 6.07 Å². The molecule has 2 atom stereocenters. The Hall–Kier alpha value is -3.63. The van der Waals surface area contributed by atoms with Gasteiger partial charge >= 0.3 is 0 Å². The summed E-state index contributed by atoms with van der Waals surface area (Å²) in [4.78, 5) is 36.1. The number of rotatable bonds is 11. The second-order valence-electron chi connectivity index (χ2n) is 8.60. The molecule has 0 aliphatic heterocycles. The maximum atomic E-state index is 12.7. The molecule has 0 aromatic heterocycles. The number of primary amides is 1. The Morgan fingerprint density at radius 2 is 1.46 bits per heavy atom. The Morgan fingerprint density at radius 1 is 0.865 bits per heavy atom. The minimum absolute atomic E-state index is 0.0378. The Bertz CT molecular complexity index is 1360. The second-order valence-corrected chi connectivity index (χ2v) is 11.0. The van der Waals surface area contributed by atoms with E-state index in [1.54, 1.807) is 42.5 Å². The fourth-order valence-electron chi connectivity index (χ4n) is 3.86. The van der Waals surface area contributed by atoms with Crippen LogP contribution in [-0.4, -0.2) is 37.9 Å². The molecule has 3 aromatic rings. The minimum atomic E-state index is -4.04. The summed E-state index contributed by atoms with van der Waals surface area (Å²) in [5.41, 5.74) is 8.29. The lowest BCUT2D eigenvalue weighted by Gasteiger charge is -2.17. The first-order valence-corrected chi connectivity index (χ1v) is 13.6. The molecule has 10 heteroatoms. The van der Waals surface area contributed by atoms with Gasteiger partial charge in [0, 0.05) is 24.3 Å². The van der Waals surface area contributed by atoms with Crippen LogP contribution in [0, 0.1) is 5.92 Å². The van der Waals surface area contributed by atoms with E-state index in [1.807, 2.05) is 35.1 Å². The molecule has 0 heterocycles. The van der Waals surface area contributed by atoms with Crippen LogP contribution in [0.15, 0.2) is 83.8 Å². The van der Waals surface area contributed by atoms with Crippen molar-refractivity contribution in [1.82, 2.24) is 10.0 Å². The van der Waals surface area contributed by atoms with Crippen molar-refractivity contribution >= 4 is 40.4 Å². The number of hydrogen-bond donors (Lipinski definition) is 4. The average Bonchev–Trinajstić information content (AvgIpc) is 2.86. The quantitative estimate of drug-likeness (QED) is 0.219. The van der Waals surface area contributed by atoms with Gasteiger partial charge in [0.1, 0.15) is 5.92 Å². The SMILES string of the molecule is CC(=O)NS(=O)(=O)c1ccccc1-c1ccc(CC(C(N)=O)C(=O)NC[C@@H](S)Cc2ccccc2)cc1. The molecule has 3 amide bonds. The highest BCUT2D eigenvalue weighted by Gasteiger charge is 2.25. The van der Waals surface area contributed by atoms with E-state index < -0.39 is 33.7 Å². The molecule has 8 nitrogen and oxygen atoms in total. The first kappa shape index (κ1) is 27.9. The molecule has 0 saturated heterocycles. The van der Waals surface area contributed by atoms with Crippen LogP contribution in [0.2, 0.25) is 0 Å². The smallest absolute Gasteiger partial charge is 0.264 e. The third kappa shape index (κ3) is 7.93. The van der Waals surface area contributed by atoms with Crippen molar-refractivity contribution in [2.45, 2.75) is 29.9 Å². The molecule has 0 saturated carbocycles. The molecule has 3 rings (SSSR count). The molecular formula is C27H29N3O5S2. The summed E-state index contributed by atoms with van der Waals surface area (Å²) >= 11 is 4.53. The average molecular weight is 540 g/mol. The van der Waals surface area contributed by atoms with E-state index in [-0.39, 0.29) is 23.1 Å². The van der Waals surface area contributed by atoms with Crippen molar-refractivity contribution in [3.05, 3.63) is 90.0 Å². The van der Waals surface area contributed by atoms with Crippen LogP contribution in [0.3, 0.4) is 0 Å². The van der Waals surface area contributed by atoms with Gasteiger partial charge in [0.05, 0.1) is 4.90 Å². The number of carbonyl (C=O) groups excluding carboxylic acids is 3. The van der Waals surface area contributed by atoms with Crippen molar-refractivity contribution in [2.75, 3.05) is 6.54 Å². The van der Waals surface area contributed by atoms with E-state index in [0.29, 0.717) is 23.1 Å². The number of hydrogen-bond acceptors (Lipinski definition) is 6. The summed E-state index contributed by atoms with van der Waals surface area (Å²) < 4.78 is 27.1. The minimum Gasteiger partial charge on any atom is -0.369 e. The molecule has 0 aliphatic carbocycles. The molecule has 0 bridgehead atoms. The molecule has 0 aliphatic rings. The van der Waals surface area contributed by atoms with Gasteiger partial charge in [0.15, 0.2) is 0 Å². The number of thiol groups is 1. The fourth-order valence-corrected chi connectivity index (χ4v) is 5.39. The lowest BCUT2D eigenvalue weighted by molar-refractivity contribution is -0.133. The Morgan fingerprint density at radius 3 is 2.08 bits per heavy atom. The predicted molar refractivity (Wildman–Crippen MR) is 145 cm³/mol. The summed E-state index contributed by atoms with van der Waals surface area (Å²) in [6.45, 7) is 1.40. The first-order chi connectivity index (χ1) is 17.6. The van der Waals surface area contributed by atoms with Crippen molar-refractivity contribution in [3.63, 3.8) is 0 Å². The van der Waals surface area contributed by atoms with Gasteiger partial charge in [-0.25, -0.2) is 13.1 Å². The lowest BCUT2D eigenvalue weighted by atomic mass is 9.95. The summed E-state index contributed by atoms with van der Waals surface area (Å²) in [7, 11) is -4.04. The van der Waals surface area contributed by atoms with E-state index in [9.17, 15) is 22.8 Å². The van der Waals surface area contributed by atoms with Gasteiger partial charge < -0.3 is 11.1 Å². The molecule has 0 spiro atoms. The van der Waals surface area contributed by atoms with Gasteiger partial charge in [-0.1, -0.05) is 72.8 Å². The standard InChI is InChI=1S/C27H29N3O5S2/c1-18(31)30-37(34,35)25-10-6-5-9-23(25)21-13-11-20(12-14-21)16-24(26(28)32)27(33)29-17-22(36)15-19-7-3-2-4-8-19/h2-14,22,24,36H,15-17H2,1H3,(H2,28,32)(H,29,33)(H,30,31)/t22-,24?/m0/s1. The zero-order valence-corrected chi connectivity index (χ0v) is 22.0. The molecule has 0 fully saturated rings. The number of sulfonamides is 1. The Kier molecular flexibility index (Phi) is 9.48. The van der Waals surface area contributed by atoms with Gasteiger partial charge in [-0.2, -0.15) is 12.6 Å². The summed E-state index contributed by atoms with van der Waals surface area (Å²) in [6.07, 6.45) is 0.745. The van der Waals surface area contributed by atoms with Crippen LogP contribution in [0.25, 0.3) is 11.1 Å². The van der Waals surface area contributed by atoms with Gasteiger partial charge in [0.25, 0.3) is 10.0 Å². The highest BCUT2D eigenvalue weighted by atomic mass is 32.2. The lowest BCUT2D eigenvalue weighted by Crippen LogP contribution is -2.42. The maximum Gasteiger partial charge on any atom is 0.264 e. The van der Waals surface area contributed by atoms with Crippen LogP contribution < -0.4 is 15.8 Å². The monoisotopic (exact) mass is 539 g/mol. The van der Waals surface area contributed by atoms with Crippen LogP contribution in [-0.2, 0) is 37.2 Å². The normalized spacial score (nSPS) is 12.8. The van der Waals surface area contributed by atoms with Crippen LogP contribution in [0.1, 0.15) is 18.1 Å². The molecule has 194 valence electrons. The topological polar surface area (TPSA) is 135 Å². The number of amides is 3. The van der Waals surface area contributed by atoms with Gasteiger partial charge in [-0.3, -0.25) is 14.4 Å². The van der Waals surface area contributed by atoms with E-state index in [0.717, 1.165) is 12.5 Å². The third-order valence-corrected chi connectivity index (χ3v) is 7.50. The van der Waals surface area contributed by atoms with E-state index >= 15 is 0 Å². The van der Waals surface area contributed by atoms with Gasteiger partial charge in [-0.05, 0) is 35.6 Å². The van der Waals surface area contributed by atoms with E-state index in [2.05, 4.69) is 17.9 Å². The van der Waals surface area contributed by atoms with Crippen LogP contribution in [0.4, 0.5) is 0 Å². The molecule has 4 N–H and O–H groups in total. The second kappa shape index (κ2) is 12.6. The molecule has 0 radical (unpaired) electrons. The first-order valence-electron chi connectivity index (χ1n) is 11.6. The largest absolute Gasteiger partial charge is 0.369 e. The zero-order chi connectivity index (χ0) is 27.0. The van der Waals surface area contributed by atoms with Crippen molar-refractivity contribution in [2.24, 2.45) is 11.7 Å². The summed E-state index contributed by atoms with van der Waals surface area (Å²) in [5, 5.41) is 2.63. The molecular weight excluding hydrogens is 510 g/mol. The van der Waals surface area contributed by atoms with Crippen LogP contribution >= 0.6 is 12.6 Å². The molecule has 3 aromatic carbocycles. The maximum absolute atomic E-state index is 12.7. The summed E-state index contributed by atoms with van der Waals surface area (Å²) in [5.74, 6) is -2.98.